The van der Waals surface area contributed by atoms with Gasteiger partial charge in [-0.1, -0.05) is 6.08 Å². The van der Waals surface area contributed by atoms with Crippen molar-refractivity contribution >= 4 is 11.8 Å². The molecule has 0 bridgehead atoms. The van der Waals surface area contributed by atoms with E-state index in [0.29, 0.717) is 18.6 Å². The van der Waals surface area contributed by atoms with Crippen LogP contribution in [0.2, 0.25) is 0 Å². The number of rotatable bonds is 3. The molecule has 0 saturated carbocycles. The zero-order valence-electron chi connectivity index (χ0n) is 7.58. The summed E-state index contributed by atoms with van der Waals surface area (Å²) in [6.07, 6.45) is 4.26. The monoisotopic (exact) mass is 180 g/mol. The van der Waals surface area contributed by atoms with Crippen LogP contribution in [0.3, 0.4) is 0 Å². The van der Waals surface area contributed by atoms with Crippen LogP contribution in [-0.4, -0.2) is 11.8 Å². The van der Waals surface area contributed by atoms with E-state index in [4.69, 9.17) is 4.74 Å². The average molecular weight is 180 g/mol. The van der Waals surface area contributed by atoms with Crippen molar-refractivity contribution in [3.63, 3.8) is 0 Å². The number of carbonyl (C=O) groups is 2. The molecule has 3 nitrogen and oxygen atoms in total. The summed E-state index contributed by atoms with van der Waals surface area (Å²) in [5, 5.41) is 0. The Morgan fingerprint density at radius 3 is 3.08 bits per heavy atom. The smallest absolute Gasteiger partial charge is 0.307 e. The summed E-state index contributed by atoms with van der Waals surface area (Å²) in [4.78, 5) is 21.8. The fourth-order valence-electron chi connectivity index (χ4n) is 1.34. The molecule has 0 saturated heterocycles. The average Bonchev–Trinajstić information content (AvgIpc) is 2.31. The van der Waals surface area contributed by atoms with Gasteiger partial charge in [0.05, 0.1) is 0 Å². The van der Waals surface area contributed by atoms with Crippen LogP contribution in [0.1, 0.15) is 19.8 Å². The van der Waals surface area contributed by atoms with E-state index in [9.17, 15) is 9.59 Å². The standard InChI is InChI=1S/C10H12O3/c1-3-4-8-5-9(6-10(8)12)13-7(2)11/h3,6,8H,1,4-5H2,2H3. The molecular weight excluding hydrogens is 168 g/mol. The predicted molar refractivity (Wildman–Crippen MR) is 47.8 cm³/mol. The summed E-state index contributed by atoms with van der Waals surface area (Å²) in [5.74, 6) is 0.0469. The highest BCUT2D eigenvalue weighted by Gasteiger charge is 2.25. The molecule has 0 N–H and O–H groups in total. The number of hydrogen-bond donors (Lipinski definition) is 0. The van der Waals surface area contributed by atoms with Crippen LogP contribution in [0.15, 0.2) is 24.5 Å². The molecule has 0 fully saturated rings. The van der Waals surface area contributed by atoms with Gasteiger partial charge in [-0.3, -0.25) is 9.59 Å². The van der Waals surface area contributed by atoms with Crippen molar-refractivity contribution in [3.8, 4) is 0 Å². The molecular formula is C10H12O3. The molecule has 0 heterocycles. The Labute approximate surface area is 77.1 Å². The number of ketones is 1. The number of allylic oxidation sites excluding steroid dienone is 3. The predicted octanol–water partition coefficient (Wildman–Crippen LogP) is 1.60. The minimum atomic E-state index is -0.377. The van der Waals surface area contributed by atoms with Crippen LogP contribution in [0.25, 0.3) is 0 Å². The molecule has 1 aliphatic carbocycles. The Hall–Kier alpha value is -1.38. The first-order chi connectivity index (χ1) is 6.13. The van der Waals surface area contributed by atoms with Crippen LogP contribution in [0.4, 0.5) is 0 Å². The molecule has 0 aromatic heterocycles. The normalized spacial score (nSPS) is 21.2. The molecule has 3 heteroatoms. The molecule has 0 spiro atoms. The first-order valence-electron chi connectivity index (χ1n) is 4.17. The van der Waals surface area contributed by atoms with E-state index in [1.807, 2.05) is 0 Å². The Morgan fingerprint density at radius 1 is 1.85 bits per heavy atom. The number of hydrogen-bond acceptors (Lipinski definition) is 3. The van der Waals surface area contributed by atoms with Crippen molar-refractivity contribution in [2.24, 2.45) is 5.92 Å². The zero-order valence-corrected chi connectivity index (χ0v) is 7.58. The van der Waals surface area contributed by atoms with Crippen molar-refractivity contribution in [3.05, 3.63) is 24.5 Å². The maximum atomic E-state index is 11.2. The van der Waals surface area contributed by atoms with Gasteiger partial charge in [0.2, 0.25) is 0 Å². The van der Waals surface area contributed by atoms with Gasteiger partial charge >= 0.3 is 5.97 Å². The number of ether oxygens (including phenoxy) is 1. The van der Waals surface area contributed by atoms with Gasteiger partial charge in [0.15, 0.2) is 5.78 Å². The van der Waals surface area contributed by atoms with E-state index in [0.717, 1.165) is 0 Å². The van der Waals surface area contributed by atoms with Crippen LogP contribution >= 0.6 is 0 Å². The van der Waals surface area contributed by atoms with Crippen molar-refractivity contribution in [2.45, 2.75) is 19.8 Å². The Balaban J connectivity index is 2.54. The van der Waals surface area contributed by atoms with Crippen LogP contribution in [0.5, 0.6) is 0 Å². The second-order valence-corrected chi connectivity index (χ2v) is 3.03. The molecule has 1 unspecified atom stereocenters. The van der Waals surface area contributed by atoms with Gasteiger partial charge in [-0.2, -0.15) is 0 Å². The topological polar surface area (TPSA) is 43.4 Å². The summed E-state index contributed by atoms with van der Waals surface area (Å²) in [7, 11) is 0. The summed E-state index contributed by atoms with van der Waals surface area (Å²) < 4.78 is 4.83. The highest BCUT2D eigenvalue weighted by molar-refractivity contribution is 5.95. The quantitative estimate of drug-likeness (QED) is 0.489. The Kier molecular flexibility index (Phi) is 3.01. The molecule has 70 valence electrons. The molecule has 0 amide bonds. The maximum Gasteiger partial charge on any atom is 0.307 e. The summed E-state index contributed by atoms with van der Waals surface area (Å²) in [6.45, 7) is 4.89. The minimum Gasteiger partial charge on any atom is -0.431 e. The maximum absolute atomic E-state index is 11.2. The third-order valence-corrected chi connectivity index (χ3v) is 1.88. The van der Waals surface area contributed by atoms with Crippen molar-refractivity contribution in [2.75, 3.05) is 0 Å². The third kappa shape index (κ3) is 2.54. The lowest BCUT2D eigenvalue weighted by molar-refractivity contribution is -0.137. The van der Waals surface area contributed by atoms with Gasteiger partial charge in [-0.25, -0.2) is 0 Å². The fourth-order valence-corrected chi connectivity index (χ4v) is 1.34. The number of carbonyl (C=O) groups excluding carboxylic acids is 2. The lowest BCUT2D eigenvalue weighted by atomic mass is 10.0. The largest absolute Gasteiger partial charge is 0.431 e. The molecule has 0 radical (unpaired) electrons. The highest BCUT2D eigenvalue weighted by Crippen LogP contribution is 2.25. The molecule has 13 heavy (non-hydrogen) atoms. The van der Waals surface area contributed by atoms with Gasteiger partial charge in [0.25, 0.3) is 0 Å². The van der Waals surface area contributed by atoms with Gasteiger partial charge in [0, 0.05) is 25.3 Å². The van der Waals surface area contributed by atoms with Crippen LogP contribution in [-0.2, 0) is 14.3 Å². The Bertz CT molecular complexity index is 276. The summed E-state index contributed by atoms with van der Waals surface area (Å²) in [5.41, 5.74) is 0. The second kappa shape index (κ2) is 4.03. The molecule has 0 aromatic carbocycles. The van der Waals surface area contributed by atoms with Crippen molar-refractivity contribution in [1.82, 2.24) is 0 Å². The molecule has 0 aromatic rings. The van der Waals surface area contributed by atoms with Crippen LogP contribution < -0.4 is 0 Å². The molecule has 1 rings (SSSR count). The highest BCUT2D eigenvalue weighted by atomic mass is 16.5. The van der Waals surface area contributed by atoms with E-state index in [1.165, 1.54) is 13.0 Å². The van der Waals surface area contributed by atoms with Crippen LogP contribution in [0, 0.1) is 5.92 Å². The van der Waals surface area contributed by atoms with Crippen molar-refractivity contribution < 1.29 is 14.3 Å². The van der Waals surface area contributed by atoms with E-state index >= 15 is 0 Å². The van der Waals surface area contributed by atoms with Gasteiger partial charge in [0.1, 0.15) is 5.76 Å². The zero-order chi connectivity index (χ0) is 9.84. The van der Waals surface area contributed by atoms with Crippen molar-refractivity contribution in [1.29, 1.82) is 0 Å². The Morgan fingerprint density at radius 2 is 2.54 bits per heavy atom. The van der Waals surface area contributed by atoms with E-state index in [1.54, 1.807) is 6.08 Å². The van der Waals surface area contributed by atoms with E-state index < -0.39 is 0 Å². The molecule has 0 aliphatic heterocycles. The third-order valence-electron chi connectivity index (χ3n) is 1.88. The molecule has 1 aliphatic rings. The van der Waals surface area contributed by atoms with Gasteiger partial charge in [-0.15, -0.1) is 6.58 Å². The van der Waals surface area contributed by atoms with Gasteiger partial charge in [-0.05, 0) is 6.42 Å². The second-order valence-electron chi connectivity index (χ2n) is 3.03. The lowest BCUT2D eigenvalue weighted by Gasteiger charge is -2.04. The first kappa shape index (κ1) is 9.71. The summed E-state index contributed by atoms with van der Waals surface area (Å²) >= 11 is 0. The fraction of sp³-hybridized carbons (Fsp3) is 0.400. The first-order valence-corrected chi connectivity index (χ1v) is 4.17. The lowest BCUT2D eigenvalue weighted by Crippen LogP contribution is -2.05. The minimum absolute atomic E-state index is 0.0242. The van der Waals surface area contributed by atoms with E-state index in [2.05, 4.69) is 6.58 Å². The summed E-state index contributed by atoms with van der Waals surface area (Å²) in [6, 6.07) is 0. The molecule has 1 atom stereocenters. The SMILES string of the molecule is C=CCC1CC(OC(C)=O)=CC1=O. The number of esters is 1. The van der Waals surface area contributed by atoms with E-state index in [-0.39, 0.29) is 17.7 Å². The van der Waals surface area contributed by atoms with Gasteiger partial charge < -0.3 is 4.74 Å².